The Labute approximate surface area is 154 Å². The average molecular weight is 358 g/mol. The van der Waals surface area contributed by atoms with Crippen LogP contribution in [0.3, 0.4) is 0 Å². The molecule has 7 nitrogen and oxygen atoms in total. The fourth-order valence-electron chi connectivity index (χ4n) is 3.67. The first-order valence-corrected chi connectivity index (χ1v) is 8.96. The van der Waals surface area contributed by atoms with Gasteiger partial charge in [-0.15, -0.1) is 0 Å². The maximum absolute atomic E-state index is 13.0. The lowest BCUT2D eigenvalue weighted by molar-refractivity contribution is -0.145. The second-order valence-corrected chi connectivity index (χ2v) is 7.26. The lowest BCUT2D eigenvalue weighted by Crippen LogP contribution is -2.52. The highest BCUT2D eigenvalue weighted by atomic mass is 16.2. The van der Waals surface area contributed by atoms with E-state index in [0.29, 0.717) is 13.1 Å². The van der Waals surface area contributed by atoms with Crippen molar-refractivity contribution in [3.63, 3.8) is 0 Å². The summed E-state index contributed by atoms with van der Waals surface area (Å²) in [5.74, 6) is -0.323. The summed E-state index contributed by atoms with van der Waals surface area (Å²) in [6.45, 7) is 0.973. The molecule has 0 aromatic heterocycles. The number of piperidine rings is 1. The van der Waals surface area contributed by atoms with Gasteiger partial charge in [0.15, 0.2) is 0 Å². The summed E-state index contributed by atoms with van der Waals surface area (Å²) < 4.78 is 0. The monoisotopic (exact) mass is 358 g/mol. The molecule has 3 saturated heterocycles. The normalized spacial score (nSPS) is 22.2. The average Bonchev–Trinajstić information content (AvgIpc) is 2.93. The minimum Gasteiger partial charge on any atom is -0.347 e. The molecule has 3 aliphatic heterocycles. The summed E-state index contributed by atoms with van der Waals surface area (Å²) in [7, 11) is 5.13. The molecule has 140 valence electrons. The first-order chi connectivity index (χ1) is 12.4. The van der Waals surface area contributed by atoms with Crippen molar-refractivity contribution in [1.29, 1.82) is 0 Å². The number of anilines is 1. The first-order valence-electron chi connectivity index (χ1n) is 8.96. The Balaban J connectivity index is 1.76. The molecule has 0 N–H and O–H groups in total. The summed E-state index contributed by atoms with van der Waals surface area (Å²) in [5.41, 5.74) is 0.820. The van der Waals surface area contributed by atoms with Crippen LogP contribution in [0.1, 0.15) is 12.8 Å². The Kier molecular flexibility index (Phi) is 5.15. The van der Waals surface area contributed by atoms with E-state index in [0.717, 1.165) is 18.5 Å². The standard InChI is InChI=1S/C19H26N4O3/c1-20(2)17(24)13-23-16-10-9-14(18(23)25)11-22(12-16)19(26)21(3)15-7-5-4-6-8-15/h4-8,14,16H,9-13H2,1-3H3/t14-,16+/m0/s1. The molecule has 0 spiro atoms. The molecular weight excluding hydrogens is 332 g/mol. The molecule has 0 radical (unpaired) electrons. The number of urea groups is 1. The lowest BCUT2D eigenvalue weighted by atomic mass is 9.94. The minimum absolute atomic E-state index is 0.00545. The number of carbonyl (C=O) groups is 3. The van der Waals surface area contributed by atoms with Crippen LogP contribution >= 0.6 is 0 Å². The zero-order chi connectivity index (χ0) is 18.8. The zero-order valence-corrected chi connectivity index (χ0v) is 15.6. The Bertz CT molecular complexity index is 691. The number of fused-ring (bicyclic) bond motifs is 4. The highest BCUT2D eigenvalue weighted by molar-refractivity contribution is 5.93. The Morgan fingerprint density at radius 3 is 2.42 bits per heavy atom. The second-order valence-electron chi connectivity index (χ2n) is 7.26. The van der Waals surface area contributed by atoms with Crippen molar-refractivity contribution in [1.82, 2.24) is 14.7 Å². The smallest absolute Gasteiger partial charge is 0.324 e. The van der Waals surface area contributed by atoms with Crippen LogP contribution in [0, 0.1) is 5.92 Å². The van der Waals surface area contributed by atoms with E-state index in [-0.39, 0.29) is 36.3 Å². The number of amides is 4. The van der Waals surface area contributed by atoms with E-state index < -0.39 is 0 Å². The molecule has 3 heterocycles. The molecule has 2 atom stereocenters. The maximum Gasteiger partial charge on any atom is 0.324 e. The van der Waals surface area contributed by atoms with Crippen LogP contribution in [0.5, 0.6) is 0 Å². The van der Waals surface area contributed by atoms with Crippen molar-refractivity contribution < 1.29 is 14.4 Å². The molecule has 7 heteroatoms. The van der Waals surface area contributed by atoms with Crippen molar-refractivity contribution in [2.45, 2.75) is 18.9 Å². The highest BCUT2D eigenvalue weighted by Crippen LogP contribution is 2.30. The number of carbonyl (C=O) groups excluding carboxylic acids is 3. The molecule has 1 aromatic rings. The molecule has 4 rings (SSSR count). The van der Waals surface area contributed by atoms with Gasteiger partial charge in [0.2, 0.25) is 11.8 Å². The van der Waals surface area contributed by atoms with Gasteiger partial charge in [-0.05, 0) is 25.0 Å². The van der Waals surface area contributed by atoms with E-state index in [1.807, 2.05) is 30.3 Å². The molecule has 26 heavy (non-hydrogen) atoms. The number of hydrogen-bond donors (Lipinski definition) is 0. The van der Waals surface area contributed by atoms with Crippen molar-refractivity contribution >= 4 is 23.5 Å². The fraction of sp³-hybridized carbons (Fsp3) is 0.526. The van der Waals surface area contributed by atoms with Crippen LogP contribution in [-0.4, -0.2) is 79.4 Å². The number of hydrogen-bond acceptors (Lipinski definition) is 3. The van der Waals surface area contributed by atoms with Gasteiger partial charge in [0.25, 0.3) is 0 Å². The van der Waals surface area contributed by atoms with Gasteiger partial charge in [-0.25, -0.2) is 4.79 Å². The molecule has 1 aromatic carbocycles. The summed E-state index contributed by atoms with van der Waals surface area (Å²) >= 11 is 0. The third-order valence-corrected chi connectivity index (χ3v) is 5.30. The lowest BCUT2D eigenvalue weighted by Gasteiger charge is -2.36. The van der Waals surface area contributed by atoms with Crippen LogP contribution in [0.25, 0.3) is 0 Å². The molecule has 2 bridgehead atoms. The van der Waals surface area contributed by atoms with Gasteiger partial charge < -0.3 is 14.7 Å². The number of likely N-dealkylation sites (N-methyl/N-ethyl adjacent to an activating group) is 1. The SMILES string of the molecule is CN(C)C(=O)CN1C(=O)[C@H]2CC[C@@H]1CN(C(=O)N(C)c1ccccc1)C2. The van der Waals surface area contributed by atoms with Crippen molar-refractivity contribution in [3.05, 3.63) is 30.3 Å². The van der Waals surface area contributed by atoms with Gasteiger partial charge in [0, 0.05) is 46.0 Å². The van der Waals surface area contributed by atoms with Crippen LogP contribution in [0.4, 0.5) is 10.5 Å². The fourth-order valence-corrected chi connectivity index (χ4v) is 3.67. The molecule has 3 aliphatic rings. The van der Waals surface area contributed by atoms with E-state index in [4.69, 9.17) is 0 Å². The van der Waals surface area contributed by atoms with E-state index in [1.165, 1.54) is 4.90 Å². The number of para-hydroxylation sites is 1. The summed E-state index contributed by atoms with van der Waals surface area (Å²) in [6, 6.07) is 9.26. The van der Waals surface area contributed by atoms with Crippen molar-refractivity contribution in [2.24, 2.45) is 5.92 Å². The van der Waals surface area contributed by atoms with Crippen molar-refractivity contribution in [2.75, 3.05) is 45.7 Å². The number of nitrogens with zero attached hydrogens (tertiary/aromatic N) is 4. The largest absolute Gasteiger partial charge is 0.347 e. The van der Waals surface area contributed by atoms with E-state index in [9.17, 15) is 14.4 Å². The number of benzene rings is 1. The number of rotatable bonds is 3. The Morgan fingerprint density at radius 1 is 1.08 bits per heavy atom. The predicted molar refractivity (Wildman–Crippen MR) is 98.7 cm³/mol. The second kappa shape index (κ2) is 7.35. The quantitative estimate of drug-likeness (QED) is 0.817. The molecule has 0 saturated carbocycles. The third kappa shape index (κ3) is 3.52. The van der Waals surface area contributed by atoms with Gasteiger partial charge >= 0.3 is 6.03 Å². The van der Waals surface area contributed by atoms with Gasteiger partial charge in [0.1, 0.15) is 6.54 Å². The summed E-state index contributed by atoms with van der Waals surface area (Å²) in [5, 5.41) is 0. The molecular formula is C19H26N4O3. The van der Waals surface area contributed by atoms with Gasteiger partial charge in [0.05, 0.1) is 5.92 Å². The van der Waals surface area contributed by atoms with Crippen LogP contribution < -0.4 is 4.90 Å². The van der Waals surface area contributed by atoms with Crippen LogP contribution in [0.2, 0.25) is 0 Å². The maximum atomic E-state index is 13.0. The molecule has 4 amide bonds. The predicted octanol–water partition coefficient (Wildman–Crippen LogP) is 1.25. The molecule has 3 fully saturated rings. The Hall–Kier alpha value is -2.57. The highest BCUT2D eigenvalue weighted by Gasteiger charge is 2.43. The summed E-state index contributed by atoms with van der Waals surface area (Å²) in [4.78, 5) is 44.4. The third-order valence-electron chi connectivity index (χ3n) is 5.30. The van der Waals surface area contributed by atoms with E-state index >= 15 is 0 Å². The molecule has 0 unspecified atom stereocenters. The van der Waals surface area contributed by atoms with Crippen LogP contribution in [-0.2, 0) is 9.59 Å². The molecule has 0 aliphatic carbocycles. The zero-order valence-electron chi connectivity index (χ0n) is 15.6. The topological polar surface area (TPSA) is 64.2 Å². The minimum atomic E-state index is -0.225. The first kappa shape index (κ1) is 18.2. The van der Waals surface area contributed by atoms with Gasteiger partial charge in [-0.2, -0.15) is 0 Å². The van der Waals surface area contributed by atoms with Gasteiger partial charge in [-0.3, -0.25) is 14.5 Å². The van der Waals surface area contributed by atoms with Crippen LogP contribution in [0.15, 0.2) is 30.3 Å². The van der Waals surface area contributed by atoms with E-state index in [2.05, 4.69) is 0 Å². The van der Waals surface area contributed by atoms with Gasteiger partial charge in [-0.1, -0.05) is 18.2 Å². The Morgan fingerprint density at radius 2 is 1.77 bits per heavy atom. The van der Waals surface area contributed by atoms with E-state index in [1.54, 1.807) is 35.8 Å². The van der Waals surface area contributed by atoms with Crippen molar-refractivity contribution in [3.8, 4) is 0 Å². The summed E-state index contributed by atoms with van der Waals surface area (Å²) in [6.07, 6.45) is 1.60.